The number of primary amides is 1. The normalized spacial score (nSPS) is 17.2. The number of hydrogen-bond acceptors (Lipinski definition) is 7. The third-order valence-corrected chi connectivity index (χ3v) is 6.69. The number of allylic oxidation sites excluding steroid dienone is 1. The molecule has 0 spiro atoms. The molecule has 1 aromatic carbocycles. The average molecular weight is 511 g/mol. The minimum absolute atomic E-state index is 0.0148. The Balaban J connectivity index is 1.43. The van der Waals surface area contributed by atoms with E-state index in [1.54, 1.807) is 59.6 Å². The van der Waals surface area contributed by atoms with E-state index >= 15 is 0 Å². The number of pyridine rings is 1. The van der Waals surface area contributed by atoms with Crippen molar-refractivity contribution in [1.29, 1.82) is 5.26 Å². The molecular weight excluding hydrogens is 484 g/mol. The molecule has 1 unspecified atom stereocenters. The first kappa shape index (κ1) is 24.7. The van der Waals surface area contributed by atoms with E-state index in [0.29, 0.717) is 42.2 Å². The zero-order valence-corrected chi connectivity index (χ0v) is 20.5. The third-order valence-electron chi connectivity index (χ3n) is 6.69. The SMILES string of the molecule is N#C/C(=C\C1CC1)C(=O)N1CCCC1c1nc(-c2ccc(C(=O)Nc3ccccn3)cc2)c(C(N)=O)n1N. The van der Waals surface area contributed by atoms with Gasteiger partial charge in [0.05, 0.1) is 6.04 Å². The highest BCUT2D eigenvalue weighted by Crippen LogP contribution is 2.36. The number of nitrogen functional groups attached to an aromatic ring is 1. The Morgan fingerprint density at radius 3 is 2.50 bits per heavy atom. The minimum Gasteiger partial charge on any atom is -0.364 e. The predicted molar refractivity (Wildman–Crippen MR) is 139 cm³/mol. The van der Waals surface area contributed by atoms with E-state index in [0.717, 1.165) is 17.5 Å². The molecule has 5 rings (SSSR count). The molecule has 5 N–H and O–H groups in total. The Morgan fingerprint density at radius 1 is 1.11 bits per heavy atom. The number of hydrogen-bond donors (Lipinski definition) is 3. The van der Waals surface area contributed by atoms with Crippen LogP contribution in [0.3, 0.4) is 0 Å². The molecular formula is C27H26N8O3. The van der Waals surface area contributed by atoms with Crippen LogP contribution in [0.25, 0.3) is 11.3 Å². The number of nitrogens with zero attached hydrogens (tertiary/aromatic N) is 5. The summed E-state index contributed by atoms with van der Waals surface area (Å²) < 4.78 is 1.13. The molecule has 2 aliphatic rings. The van der Waals surface area contributed by atoms with Crippen molar-refractivity contribution in [2.45, 2.75) is 31.7 Å². The number of amides is 3. The summed E-state index contributed by atoms with van der Waals surface area (Å²) in [5.74, 6) is 5.83. The summed E-state index contributed by atoms with van der Waals surface area (Å²) in [5.41, 5.74) is 6.93. The molecule has 3 heterocycles. The topological polar surface area (TPSA) is 173 Å². The molecule has 1 aliphatic heterocycles. The fourth-order valence-electron chi connectivity index (χ4n) is 4.61. The van der Waals surface area contributed by atoms with Gasteiger partial charge in [0, 0.05) is 23.9 Å². The Labute approximate surface area is 218 Å². The van der Waals surface area contributed by atoms with Gasteiger partial charge in [-0.25, -0.2) is 14.6 Å². The maximum absolute atomic E-state index is 13.2. The van der Waals surface area contributed by atoms with Crippen molar-refractivity contribution in [3.63, 3.8) is 0 Å². The number of nitriles is 1. The molecule has 1 aliphatic carbocycles. The highest BCUT2D eigenvalue weighted by molar-refractivity contribution is 6.04. The Morgan fingerprint density at radius 2 is 1.87 bits per heavy atom. The predicted octanol–water partition coefficient (Wildman–Crippen LogP) is 2.53. The number of anilines is 1. The summed E-state index contributed by atoms with van der Waals surface area (Å²) in [7, 11) is 0. The van der Waals surface area contributed by atoms with Gasteiger partial charge in [0.25, 0.3) is 17.7 Å². The summed E-state index contributed by atoms with van der Waals surface area (Å²) >= 11 is 0. The van der Waals surface area contributed by atoms with Gasteiger partial charge < -0.3 is 21.8 Å². The van der Waals surface area contributed by atoms with Crippen LogP contribution < -0.4 is 16.9 Å². The van der Waals surface area contributed by atoms with Gasteiger partial charge in [-0.3, -0.25) is 14.4 Å². The van der Waals surface area contributed by atoms with E-state index in [2.05, 4.69) is 15.3 Å². The largest absolute Gasteiger partial charge is 0.364 e. The van der Waals surface area contributed by atoms with E-state index in [1.165, 1.54) is 0 Å². The molecule has 2 aromatic heterocycles. The maximum atomic E-state index is 13.2. The smallest absolute Gasteiger partial charge is 0.269 e. The molecule has 3 amide bonds. The van der Waals surface area contributed by atoms with Crippen LogP contribution in [0.5, 0.6) is 0 Å². The fraction of sp³-hybridized carbons (Fsp3) is 0.259. The molecule has 38 heavy (non-hydrogen) atoms. The van der Waals surface area contributed by atoms with Crippen molar-refractivity contribution in [3.8, 4) is 17.3 Å². The maximum Gasteiger partial charge on any atom is 0.269 e. The number of imidazole rings is 1. The minimum atomic E-state index is -0.777. The van der Waals surface area contributed by atoms with Gasteiger partial charge in [0.15, 0.2) is 11.5 Å². The number of nitrogens with one attached hydrogen (secondary N) is 1. The summed E-state index contributed by atoms with van der Waals surface area (Å²) in [6.45, 7) is 0.446. The molecule has 11 nitrogen and oxygen atoms in total. The second-order valence-electron chi connectivity index (χ2n) is 9.33. The number of benzene rings is 1. The van der Waals surface area contributed by atoms with Gasteiger partial charge >= 0.3 is 0 Å². The monoisotopic (exact) mass is 510 g/mol. The van der Waals surface area contributed by atoms with Crippen molar-refractivity contribution in [2.75, 3.05) is 17.7 Å². The van der Waals surface area contributed by atoms with E-state index < -0.39 is 11.9 Å². The molecule has 1 atom stereocenters. The summed E-state index contributed by atoms with van der Waals surface area (Å²) in [4.78, 5) is 48.5. The first-order valence-electron chi connectivity index (χ1n) is 12.3. The lowest BCUT2D eigenvalue weighted by Gasteiger charge is -2.24. The second kappa shape index (κ2) is 10.2. The third kappa shape index (κ3) is 4.84. The lowest BCUT2D eigenvalue weighted by molar-refractivity contribution is -0.127. The van der Waals surface area contributed by atoms with Crippen molar-refractivity contribution >= 4 is 23.5 Å². The number of nitrogens with two attached hydrogens (primary N) is 2. The van der Waals surface area contributed by atoms with E-state index in [1.807, 2.05) is 6.07 Å². The van der Waals surface area contributed by atoms with Gasteiger partial charge in [-0.2, -0.15) is 5.26 Å². The Kier molecular flexibility index (Phi) is 6.62. The van der Waals surface area contributed by atoms with E-state index in [4.69, 9.17) is 11.6 Å². The quantitative estimate of drug-likeness (QED) is 0.249. The molecule has 11 heteroatoms. The zero-order valence-electron chi connectivity index (χ0n) is 20.5. The van der Waals surface area contributed by atoms with Crippen molar-refractivity contribution in [1.82, 2.24) is 19.5 Å². The number of rotatable bonds is 7. The van der Waals surface area contributed by atoms with Crippen LogP contribution in [0.2, 0.25) is 0 Å². The lowest BCUT2D eigenvalue weighted by atomic mass is 10.1. The highest BCUT2D eigenvalue weighted by atomic mass is 16.2. The summed E-state index contributed by atoms with van der Waals surface area (Å²) in [6.07, 6.45) is 6.54. The molecule has 0 bridgehead atoms. The van der Waals surface area contributed by atoms with E-state index in [-0.39, 0.29) is 34.7 Å². The van der Waals surface area contributed by atoms with Gasteiger partial charge in [0.2, 0.25) is 0 Å². The molecule has 192 valence electrons. The van der Waals surface area contributed by atoms with Gasteiger partial charge in [-0.05, 0) is 55.9 Å². The molecule has 1 saturated heterocycles. The number of aromatic nitrogens is 3. The molecule has 2 fully saturated rings. The van der Waals surface area contributed by atoms with Crippen LogP contribution in [0, 0.1) is 17.2 Å². The van der Waals surface area contributed by atoms with Gasteiger partial charge in [0.1, 0.15) is 23.2 Å². The Hall–Kier alpha value is -4.98. The van der Waals surface area contributed by atoms with E-state index in [9.17, 15) is 19.6 Å². The van der Waals surface area contributed by atoms with Crippen molar-refractivity contribution in [3.05, 3.63) is 77.4 Å². The summed E-state index contributed by atoms with van der Waals surface area (Å²) in [6, 6.07) is 13.2. The van der Waals surface area contributed by atoms with Crippen molar-refractivity contribution < 1.29 is 14.4 Å². The highest BCUT2D eigenvalue weighted by Gasteiger charge is 2.37. The number of carbonyl (C=O) groups excluding carboxylic acids is 3. The van der Waals surface area contributed by atoms with Gasteiger partial charge in [-0.15, -0.1) is 0 Å². The summed E-state index contributed by atoms with van der Waals surface area (Å²) in [5, 5.41) is 12.3. The van der Waals surface area contributed by atoms with Crippen LogP contribution in [0.4, 0.5) is 5.82 Å². The van der Waals surface area contributed by atoms with Crippen LogP contribution in [0.15, 0.2) is 60.3 Å². The lowest BCUT2D eigenvalue weighted by Crippen LogP contribution is -2.34. The number of likely N-dealkylation sites (tertiary alicyclic amines) is 1. The zero-order chi connectivity index (χ0) is 26.8. The van der Waals surface area contributed by atoms with Crippen LogP contribution in [0.1, 0.15) is 58.4 Å². The molecule has 3 aromatic rings. The first-order chi connectivity index (χ1) is 18.4. The average Bonchev–Trinajstić information content (AvgIpc) is 3.49. The van der Waals surface area contributed by atoms with Crippen LogP contribution in [-0.2, 0) is 4.79 Å². The fourth-order valence-corrected chi connectivity index (χ4v) is 4.61. The van der Waals surface area contributed by atoms with Gasteiger partial charge in [-0.1, -0.05) is 24.3 Å². The molecule has 0 radical (unpaired) electrons. The first-order valence-corrected chi connectivity index (χ1v) is 12.3. The second-order valence-corrected chi connectivity index (χ2v) is 9.33. The standard InChI is InChI=1S/C27H26N8O3/c28-15-19(14-16-6-7-16)27(38)34-13-3-4-20(34)25-33-22(23(24(29)36)35(25)30)17-8-10-18(11-9-17)26(37)32-21-5-1-2-12-31-21/h1-2,5,8-12,14,16,20H,3-4,6-7,13,30H2,(H2,29,36)(H,31,32,37)/b19-14+. The molecule has 1 saturated carbocycles. The number of carbonyl (C=O) groups is 3. The Bertz CT molecular complexity index is 1470. The van der Waals surface area contributed by atoms with Crippen molar-refractivity contribution in [2.24, 2.45) is 11.7 Å². The van der Waals surface area contributed by atoms with Crippen LogP contribution >= 0.6 is 0 Å². The van der Waals surface area contributed by atoms with Crippen LogP contribution in [-0.4, -0.2) is 43.8 Å².